The van der Waals surface area contributed by atoms with E-state index in [1.54, 1.807) is 6.07 Å². The van der Waals surface area contributed by atoms with E-state index < -0.39 is 0 Å². The first-order valence-electron chi connectivity index (χ1n) is 4.83. The van der Waals surface area contributed by atoms with E-state index in [2.05, 4.69) is 12.6 Å². The van der Waals surface area contributed by atoms with Crippen LogP contribution in [0.2, 0.25) is 0 Å². The van der Waals surface area contributed by atoms with E-state index in [1.807, 2.05) is 30.4 Å². The van der Waals surface area contributed by atoms with E-state index in [0.717, 1.165) is 17.7 Å². The van der Waals surface area contributed by atoms with Crippen molar-refractivity contribution in [2.75, 3.05) is 0 Å². The highest BCUT2D eigenvalue weighted by Crippen LogP contribution is 2.27. The van der Waals surface area contributed by atoms with Gasteiger partial charge in [0.15, 0.2) is 0 Å². The second-order valence-electron chi connectivity index (χ2n) is 3.40. The third kappa shape index (κ3) is 1.92. The highest BCUT2D eigenvalue weighted by atomic mass is 16.5. The average molecular weight is 197 g/mol. The van der Waals surface area contributed by atoms with E-state index in [1.165, 1.54) is 0 Å². The first-order chi connectivity index (χ1) is 7.33. The van der Waals surface area contributed by atoms with Gasteiger partial charge in [-0.3, -0.25) is 0 Å². The van der Waals surface area contributed by atoms with Crippen molar-refractivity contribution in [1.29, 1.82) is 5.26 Å². The monoisotopic (exact) mass is 197 g/mol. The lowest BCUT2D eigenvalue weighted by atomic mass is 10.1. The molecule has 2 heteroatoms. The van der Waals surface area contributed by atoms with Crippen LogP contribution < -0.4 is 4.74 Å². The molecule has 15 heavy (non-hydrogen) atoms. The SMILES string of the molecule is C=CCC1C=Cc2cc(C#N)ccc2O1. The van der Waals surface area contributed by atoms with Gasteiger partial charge < -0.3 is 4.74 Å². The third-order valence-corrected chi connectivity index (χ3v) is 2.31. The minimum atomic E-state index is 0.0722. The van der Waals surface area contributed by atoms with Crippen molar-refractivity contribution in [2.45, 2.75) is 12.5 Å². The molecule has 0 bridgehead atoms. The van der Waals surface area contributed by atoms with Crippen LogP contribution in [0.4, 0.5) is 0 Å². The van der Waals surface area contributed by atoms with Gasteiger partial charge in [-0.25, -0.2) is 0 Å². The van der Waals surface area contributed by atoms with Gasteiger partial charge in [0.2, 0.25) is 0 Å². The molecule has 0 spiro atoms. The van der Waals surface area contributed by atoms with Gasteiger partial charge in [-0.15, -0.1) is 6.58 Å². The zero-order valence-corrected chi connectivity index (χ0v) is 8.31. The fraction of sp³-hybridized carbons (Fsp3) is 0.154. The Labute approximate surface area is 89.1 Å². The fourth-order valence-corrected chi connectivity index (χ4v) is 1.56. The van der Waals surface area contributed by atoms with E-state index in [9.17, 15) is 0 Å². The molecule has 0 saturated heterocycles. The predicted octanol–water partition coefficient (Wildman–Crippen LogP) is 2.91. The second-order valence-corrected chi connectivity index (χ2v) is 3.40. The van der Waals surface area contributed by atoms with Crippen LogP contribution in [0, 0.1) is 11.3 Å². The van der Waals surface area contributed by atoms with E-state index in [4.69, 9.17) is 10.00 Å². The fourth-order valence-electron chi connectivity index (χ4n) is 1.56. The number of rotatable bonds is 2. The molecule has 2 nitrogen and oxygen atoms in total. The topological polar surface area (TPSA) is 33.0 Å². The van der Waals surface area contributed by atoms with Crippen LogP contribution in [0.1, 0.15) is 17.5 Å². The van der Waals surface area contributed by atoms with Crippen LogP contribution in [0.15, 0.2) is 36.9 Å². The van der Waals surface area contributed by atoms with Crippen LogP contribution in [0.25, 0.3) is 6.08 Å². The van der Waals surface area contributed by atoms with Crippen LogP contribution in [-0.4, -0.2) is 6.10 Å². The lowest BCUT2D eigenvalue weighted by molar-refractivity contribution is 0.249. The zero-order valence-electron chi connectivity index (χ0n) is 8.31. The molecule has 74 valence electrons. The number of fused-ring (bicyclic) bond motifs is 1. The summed E-state index contributed by atoms with van der Waals surface area (Å²) in [7, 11) is 0. The van der Waals surface area contributed by atoms with Crippen LogP contribution in [-0.2, 0) is 0 Å². The van der Waals surface area contributed by atoms with E-state index in [-0.39, 0.29) is 6.10 Å². The molecule has 0 radical (unpaired) electrons. The number of hydrogen-bond acceptors (Lipinski definition) is 2. The van der Waals surface area contributed by atoms with Gasteiger partial charge in [0.1, 0.15) is 11.9 Å². The van der Waals surface area contributed by atoms with Crippen molar-refractivity contribution < 1.29 is 4.74 Å². The number of hydrogen-bond donors (Lipinski definition) is 0. The van der Waals surface area contributed by atoms with Crippen molar-refractivity contribution in [3.05, 3.63) is 48.1 Å². The summed E-state index contributed by atoms with van der Waals surface area (Å²) in [6.07, 6.45) is 6.70. The van der Waals surface area contributed by atoms with E-state index in [0.29, 0.717) is 5.56 Å². The first kappa shape index (κ1) is 9.54. The van der Waals surface area contributed by atoms with Crippen molar-refractivity contribution >= 4 is 6.08 Å². The standard InChI is InChI=1S/C13H11NO/c1-2-3-12-6-5-11-8-10(9-14)4-7-13(11)15-12/h2,4-8,12H,1,3H2. The maximum absolute atomic E-state index is 8.75. The molecule has 1 atom stereocenters. The van der Waals surface area contributed by atoms with Crippen molar-refractivity contribution in [1.82, 2.24) is 0 Å². The normalized spacial score (nSPS) is 17.4. The maximum atomic E-state index is 8.75. The van der Waals surface area contributed by atoms with Gasteiger partial charge in [-0.1, -0.05) is 12.2 Å². The molecule has 0 N–H and O–H groups in total. The van der Waals surface area contributed by atoms with E-state index >= 15 is 0 Å². The molecule has 1 aliphatic heterocycles. The minimum Gasteiger partial charge on any atom is -0.485 e. The number of nitrogens with zero attached hydrogens (tertiary/aromatic N) is 1. The molecule has 0 fully saturated rings. The lowest BCUT2D eigenvalue weighted by Crippen LogP contribution is -2.15. The molecule has 1 aliphatic rings. The Morgan fingerprint density at radius 1 is 1.53 bits per heavy atom. The Morgan fingerprint density at radius 2 is 2.40 bits per heavy atom. The summed E-state index contributed by atoms with van der Waals surface area (Å²) < 4.78 is 5.70. The van der Waals surface area contributed by atoms with Gasteiger partial charge >= 0.3 is 0 Å². The average Bonchev–Trinajstić information content (AvgIpc) is 2.29. The summed E-state index contributed by atoms with van der Waals surface area (Å²) in [5.74, 6) is 0.836. The van der Waals surface area contributed by atoms with Crippen LogP contribution in [0.3, 0.4) is 0 Å². The molecular weight excluding hydrogens is 186 g/mol. The summed E-state index contributed by atoms with van der Waals surface area (Å²) in [6.45, 7) is 3.68. The zero-order chi connectivity index (χ0) is 10.7. The summed E-state index contributed by atoms with van der Waals surface area (Å²) in [5.41, 5.74) is 1.62. The summed E-state index contributed by atoms with van der Waals surface area (Å²) in [6, 6.07) is 7.54. The molecule has 0 saturated carbocycles. The van der Waals surface area contributed by atoms with Gasteiger partial charge in [-0.2, -0.15) is 5.26 Å². The van der Waals surface area contributed by atoms with Gasteiger partial charge in [0.25, 0.3) is 0 Å². The molecule has 1 aromatic carbocycles. The summed E-state index contributed by atoms with van der Waals surface area (Å²) in [5, 5.41) is 8.75. The van der Waals surface area contributed by atoms with Crippen molar-refractivity contribution in [3.63, 3.8) is 0 Å². The molecule has 1 aromatic rings. The molecule has 0 amide bonds. The Bertz CT molecular complexity index is 454. The smallest absolute Gasteiger partial charge is 0.127 e. The Hall–Kier alpha value is -2.01. The van der Waals surface area contributed by atoms with Gasteiger partial charge in [0.05, 0.1) is 11.6 Å². The summed E-state index contributed by atoms with van der Waals surface area (Å²) in [4.78, 5) is 0. The molecule has 0 aliphatic carbocycles. The largest absolute Gasteiger partial charge is 0.485 e. The second kappa shape index (κ2) is 4.02. The Balaban J connectivity index is 2.29. The number of nitriles is 1. The quantitative estimate of drug-likeness (QED) is 0.683. The summed E-state index contributed by atoms with van der Waals surface area (Å²) >= 11 is 0. The minimum absolute atomic E-state index is 0.0722. The Morgan fingerprint density at radius 3 is 3.13 bits per heavy atom. The highest BCUT2D eigenvalue weighted by molar-refractivity contribution is 5.62. The van der Waals surface area contributed by atoms with Gasteiger partial charge in [0, 0.05) is 12.0 Å². The molecule has 1 heterocycles. The number of benzene rings is 1. The molecule has 0 aromatic heterocycles. The Kier molecular flexibility index (Phi) is 2.55. The third-order valence-electron chi connectivity index (χ3n) is 2.31. The highest BCUT2D eigenvalue weighted by Gasteiger charge is 2.13. The van der Waals surface area contributed by atoms with Gasteiger partial charge in [-0.05, 0) is 24.3 Å². The first-order valence-corrected chi connectivity index (χ1v) is 4.83. The van der Waals surface area contributed by atoms with Crippen LogP contribution >= 0.6 is 0 Å². The maximum Gasteiger partial charge on any atom is 0.127 e. The molecule has 2 rings (SSSR count). The van der Waals surface area contributed by atoms with Crippen molar-refractivity contribution in [3.8, 4) is 11.8 Å². The number of ether oxygens (including phenoxy) is 1. The lowest BCUT2D eigenvalue weighted by Gasteiger charge is -2.20. The van der Waals surface area contributed by atoms with Crippen LogP contribution in [0.5, 0.6) is 5.75 Å². The van der Waals surface area contributed by atoms with Crippen molar-refractivity contribution in [2.24, 2.45) is 0 Å². The molecular formula is C13H11NO. The molecule has 1 unspecified atom stereocenters. The predicted molar refractivity (Wildman–Crippen MR) is 59.4 cm³/mol.